The number of nitrogens with one attached hydrogen (secondary N) is 1. The van der Waals surface area contributed by atoms with Crippen molar-refractivity contribution in [1.82, 2.24) is 25.1 Å². The number of aryl methyl sites for hydroxylation is 1. The van der Waals surface area contributed by atoms with E-state index in [9.17, 15) is 13.6 Å². The number of carbonyl (C=O) groups is 1. The van der Waals surface area contributed by atoms with Crippen LogP contribution in [0, 0.1) is 6.92 Å². The van der Waals surface area contributed by atoms with E-state index in [2.05, 4.69) is 15.3 Å². The van der Waals surface area contributed by atoms with Gasteiger partial charge in [0.2, 0.25) is 5.95 Å². The third-order valence-electron chi connectivity index (χ3n) is 6.34. The molecule has 0 bridgehead atoms. The Labute approximate surface area is 201 Å². The van der Waals surface area contributed by atoms with Crippen LogP contribution < -0.4 is 15.8 Å². The van der Waals surface area contributed by atoms with Gasteiger partial charge in [-0.25, -0.2) is 23.5 Å². The van der Waals surface area contributed by atoms with E-state index in [0.29, 0.717) is 53.9 Å². The number of carbonyl (C=O) groups excluding carboxylic acids is 1. The number of hydrogen-bond acceptors (Lipinski definition) is 6. The average Bonchev–Trinajstić information content (AvgIpc) is 3.34. The molecule has 0 spiro atoms. The summed E-state index contributed by atoms with van der Waals surface area (Å²) in [7, 11) is 0. The first-order valence-corrected chi connectivity index (χ1v) is 11.8. The normalized spacial score (nSPS) is 19.4. The number of nitrogens with zero attached hydrogens (tertiary/aromatic N) is 4. The minimum absolute atomic E-state index is 0.0834. The van der Waals surface area contributed by atoms with Crippen LogP contribution in [-0.2, 0) is 13.1 Å². The highest BCUT2D eigenvalue weighted by Gasteiger charge is 2.38. The van der Waals surface area contributed by atoms with Crippen molar-refractivity contribution in [2.45, 2.75) is 51.2 Å². The fraction of sp³-hybridized carbons (Fsp3) is 0.522. The summed E-state index contributed by atoms with van der Waals surface area (Å²) in [6.07, 6.45) is 1.87. The van der Waals surface area contributed by atoms with E-state index in [0.717, 1.165) is 24.0 Å². The van der Waals surface area contributed by atoms with Crippen molar-refractivity contribution in [3.63, 3.8) is 0 Å². The highest BCUT2D eigenvalue weighted by atomic mass is 35.5. The molecule has 2 amide bonds. The largest absolute Gasteiger partial charge is 0.491 e. The Kier molecular flexibility index (Phi) is 5.97. The smallest absolute Gasteiger partial charge is 0.318 e. The summed E-state index contributed by atoms with van der Waals surface area (Å²) in [5.41, 5.74) is 9.44. The van der Waals surface area contributed by atoms with Crippen LogP contribution in [-0.4, -0.2) is 64.0 Å². The lowest BCUT2D eigenvalue weighted by atomic mass is 10.0. The van der Waals surface area contributed by atoms with Crippen LogP contribution in [0.2, 0.25) is 5.02 Å². The molecule has 3 heterocycles. The van der Waals surface area contributed by atoms with Crippen molar-refractivity contribution in [3.8, 4) is 17.0 Å². The number of halogens is 3. The van der Waals surface area contributed by atoms with Gasteiger partial charge in [-0.1, -0.05) is 11.6 Å². The van der Waals surface area contributed by atoms with Gasteiger partial charge < -0.3 is 20.7 Å². The van der Waals surface area contributed by atoms with E-state index < -0.39 is 5.92 Å². The third kappa shape index (κ3) is 4.88. The lowest BCUT2D eigenvalue weighted by Gasteiger charge is -2.19. The lowest BCUT2D eigenvalue weighted by molar-refractivity contribution is 0.0113. The zero-order chi connectivity index (χ0) is 24.0. The first kappa shape index (κ1) is 23.0. The summed E-state index contributed by atoms with van der Waals surface area (Å²) < 4.78 is 33.1. The molecule has 3 N–H and O–H groups in total. The number of anilines is 1. The van der Waals surface area contributed by atoms with Crippen LogP contribution in [0.4, 0.5) is 19.5 Å². The Morgan fingerprint density at radius 2 is 2.12 bits per heavy atom. The Balaban J connectivity index is 1.40. The fourth-order valence-corrected chi connectivity index (χ4v) is 4.81. The Morgan fingerprint density at radius 1 is 1.32 bits per heavy atom. The number of urea groups is 1. The monoisotopic (exact) mass is 492 g/mol. The molecule has 0 atom stereocenters. The molecule has 1 saturated carbocycles. The lowest BCUT2D eigenvalue weighted by Crippen LogP contribution is -2.37. The number of ether oxygens (including phenoxy) is 1. The SMILES string of the molecule is Cc1cc(Cl)c(-c2nc(N)nc3c2CN(C(=O)NC2CC2)C3)c(OCCN2CCC(F)(F)C2)c1. The standard InChI is InChI=1S/C23H27ClF2N6O2/c1-13-8-16(24)19(18(9-13)34-7-6-31-5-4-23(25,26)12-31)20-15-10-32(22(33)28-14-2-3-14)11-17(15)29-21(27)30-20/h8-9,14H,2-7,10-12H2,1H3,(H,28,33)(H2,27,29,30). The van der Waals surface area contributed by atoms with Gasteiger partial charge in [0.25, 0.3) is 5.92 Å². The van der Waals surface area contributed by atoms with Crippen LogP contribution in [0.15, 0.2) is 12.1 Å². The van der Waals surface area contributed by atoms with Crippen LogP contribution in [0.25, 0.3) is 11.3 Å². The van der Waals surface area contributed by atoms with Crippen molar-refractivity contribution >= 4 is 23.6 Å². The number of hydrogen-bond donors (Lipinski definition) is 2. The number of likely N-dealkylation sites (tertiary alicyclic amines) is 1. The number of rotatable bonds is 6. The number of benzene rings is 1. The van der Waals surface area contributed by atoms with E-state index >= 15 is 0 Å². The summed E-state index contributed by atoms with van der Waals surface area (Å²) in [5.74, 6) is -2.06. The highest BCUT2D eigenvalue weighted by molar-refractivity contribution is 6.33. The first-order valence-electron chi connectivity index (χ1n) is 11.4. The number of nitrogen functional groups attached to an aromatic ring is 1. The Bertz CT molecular complexity index is 1130. The van der Waals surface area contributed by atoms with Crippen molar-refractivity contribution in [1.29, 1.82) is 0 Å². The molecular weight excluding hydrogens is 466 g/mol. The highest BCUT2D eigenvalue weighted by Crippen LogP contribution is 2.41. The van der Waals surface area contributed by atoms with Gasteiger partial charge in [0.05, 0.1) is 41.6 Å². The molecule has 1 aromatic carbocycles. The van der Waals surface area contributed by atoms with Gasteiger partial charge in [0, 0.05) is 31.1 Å². The Morgan fingerprint density at radius 3 is 2.82 bits per heavy atom. The van der Waals surface area contributed by atoms with Gasteiger partial charge >= 0.3 is 6.03 Å². The van der Waals surface area contributed by atoms with Gasteiger partial charge in [-0.2, -0.15) is 0 Å². The van der Waals surface area contributed by atoms with Crippen LogP contribution >= 0.6 is 11.6 Å². The topological polar surface area (TPSA) is 96.6 Å². The summed E-state index contributed by atoms with van der Waals surface area (Å²) in [5, 5.41) is 3.43. The van der Waals surface area contributed by atoms with E-state index in [1.807, 2.05) is 19.1 Å². The van der Waals surface area contributed by atoms with Crippen LogP contribution in [0.5, 0.6) is 5.75 Å². The molecule has 3 aliphatic rings. The minimum Gasteiger partial charge on any atom is -0.491 e. The van der Waals surface area contributed by atoms with Crippen molar-refractivity contribution in [2.24, 2.45) is 0 Å². The maximum Gasteiger partial charge on any atom is 0.318 e. The second kappa shape index (κ2) is 8.81. The maximum absolute atomic E-state index is 13.5. The van der Waals surface area contributed by atoms with Crippen LogP contribution in [0.1, 0.15) is 36.1 Å². The zero-order valence-corrected chi connectivity index (χ0v) is 19.7. The number of amides is 2. The summed E-state index contributed by atoms with van der Waals surface area (Å²) in [6, 6.07) is 3.76. The van der Waals surface area contributed by atoms with E-state index in [1.165, 1.54) is 0 Å². The quantitative estimate of drug-likeness (QED) is 0.639. The van der Waals surface area contributed by atoms with E-state index in [4.69, 9.17) is 22.1 Å². The van der Waals surface area contributed by atoms with Gasteiger partial charge in [-0.3, -0.25) is 4.90 Å². The van der Waals surface area contributed by atoms with Crippen molar-refractivity contribution < 1.29 is 18.3 Å². The molecule has 2 aromatic rings. The van der Waals surface area contributed by atoms with Crippen LogP contribution in [0.3, 0.4) is 0 Å². The van der Waals surface area contributed by atoms with E-state index in [1.54, 1.807) is 9.80 Å². The Hall–Kier alpha value is -2.72. The van der Waals surface area contributed by atoms with Crippen molar-refractivity contribution in [2.75, 3.05) is 32.0 Å². The molecule has 182 valence electrons. The molecular formula is C23H27ClF2N6O2. The predicted octanol–water partition coefficient (Wildman–Crippen LogP) is 3.60. The molecule has 1 aliphatic carbocycles. The third-order valence-corrected chi connectivity index (χ3v) is 6.64. The number of nitrogens with two attached hydrogens (primary N) is 1. The van der Waals surface area contributed by atoms with Gasteiger partial charge in [0.15, 0.2) is 0 Å². The molecule has 2 aliphatic heterocycles. The van der Waals surface area contributed by atoms with Gasteiger partial charge in [0.1, 0.15) is 12.4 Å². The molecule has 34 heavy (non-hydrogen) atoms. The second-order valence-corrected chi connectivity index (χ2v) is 9.69. The molecule has 1 saturated heterocycles. The summed E-state index contributed by atoms with van der Waals surface area (Å²) in [6.45, 7) is 3.24. The molecule has 8 nitrogen and oxygen atoms in total. The van der Waals surface area contributed by atoms with Gasteiger partial charge in [-0.15, -0.1) is 0 Å². The molecule has 0 radical (unpaired) electrons. The molecule has 0 unspecified atom stereocenters. The van der Waals surface area contributed by atoms with Gasteiger partial charge in [-0.05, 0) is 37.5 Å². The van der Waals surface area contributed by atoms with E-state index in [-0.39, 0.29) is 37.6 Å². The number of aromatic nitrogens is 2. The first-order chi connectivity index (χ1) is 16.2. The molecule has 1 aromatic heterocycles. The summed E-state index contributed by atoms with van der Waals surface area (Å²) in [4.78, 5) is 24.8. The predicted molar refractivity (Wildman–Crippen MR) is 124 cm³/mol. The number of fused-ring (bicyclic) bond motifs is 1. The molecule has 5 rings (SSSR count). The fourth-order valence-electron chi connectivity index (χ4n) is 4.45. The number of alkyl halides is 2. The summed E-state index contributed by atoms with van der Waals surface area (Å²) >= 11 is 6.66. The molecule has 2 fully saturated rings. The average molecular weight is 493 g/mol. The second-order valence-electron chi connectivity index (χ2n) is 9.29. The zero-order valence-electron chi connectivity index (χ0n) is 18.9. The molecule has 11 heteroatoms. The van der Waals surface area contributed by atoms with Crippen molar-refractivity contribution in [3.05, 3.63) is 34.0 Å². The minimum atomic E-state index is -2.64. The maximum atomic E-state index is 13.5.